The Hall–Kier alpha value is -1.64. The molecule has 2 heteroatoms. The molecule has 4 N–H and O–H groups in total. The molecule has 106 valence electrons. The fourth-order valence-corrected chi connectivity index (χ4v) is 2.38. The molecular weight excluding hydrogens is 244 g/mol. The van der Waals surface area contributed by atoms with Gasteiger partial charge in [-0.05, 0) is 36.8 Å². The van der Waals surface area contributed by atoms with E-state index < -0.39 is 0 Å². The maximum Gasteiger partial charge on any atom is 0.0195 e. The highest BCUT2D eigenvalue weighted by atomic mass is 14.8. The van der Waals surface area contributed by atoms with Gasteiger partial charge in [0.05, 0.1) is 0 Å². The standard InChI is InChI=1S/C18H24N2/c19-17(13-11-15-7-3-1-4-8-15)18(20)14-12-16-9-5-2-6-10-16/h1-10,17-18H,11-14,19-20H2. The molecule has 2 nitrogen and oxygen atoms in total. The number of aryl methyl sites for hydroxylation is 2. The predicted molar refractivity (Wildman–Crippen MR) is 85.5 cm³/mol. The van der Waals surface area contributed by atoms with Gasteiger partial charge in [-0.1, -0.05) is 60.7 Å². The van der Waals surface area contributed by atoms with Crippen LogP contribution in [0.15, 0.2) is 60.7 Å². The molecule has 20 heavy (non-hydrogen) atoms. The Morgan fingerprint density at radius 2 is 0.950 bits per heavy atom. The van der Waals surface area contributed by atoms with E-state index in [1.807, 2.05) is 12.1 Å². The quantitative estimate of drug-likeness (QED) is 0.811. The molecular formula is C18H24N2. The molecule has 0 radical (unpaired) electrons. The van der Waals surface area contributed by atoms with Crippen molar-refractivity contribution in [1.82, 2.24) is 0 Å². The third-order valence-electron chi connectivity index (χ3n) is 3.77. The van der Waals surface area contributed by atoms with Crippen molar-refractivity contribution in [3.05, 3.63) is 71.8 Å². The third kappa shape index (κ3) is 4.80. The molecule has 0 heterocycles. The highest BCUT2D eigenvalue weighted by molar-refractivity contribution is 5.16. The van der Waals surface area contributed by atoms with Crippen molar-refractivity contribution in [2.75, 3.05) is 0 Å². The Kier molecular flexibility index (Phi) is 5.78. The Bertz CT molecular complexity index is 434. The fourth-order valence-electron chi connectivity index (χ4n) is 2.38. The molecule has 2 atom stereocenters. The van der Waals surface area contributed by atoms with Crippen LogP contribution in [0.4, 0.5) is 0 Å². The normalized spacial score (nSPS) is 13.9. The molecule has 0 fully saturated rings. The predicted octanol–water partition coefficient (Wildman–Crippen LogP) is 2.91. The maximum absolute atomic E-state index is 6.20. The summed E-state index contributed by atoms with van der Waals surface area (Å²) in [5.41, 5.74) is 15.1. The van der Waals surface area contributed by atoms with Gasteiger partial charge in [0, 0.05) is 12.1 Å². The Balaban J connectivity index is 1.73. The second-order valence-electron chi connectivity index (χ2n) is 5.38. The minimum Gasteiger partial charge on any atom is -0.326 e. The summed E-state index contributed by atoms with van der Waals surface area (Å²) in [6, 6.07) is 21.0. The van der Waals surface area contributed by atoms with Crippen molar-refractivity contribution in [2.24, 2.45) is 11.5 Å². The van der Waals surface area contributed by atoms with E-state index in [9.17, 15) is 0 Å². The van der Waals surface area contributed by atoms with Crippen molar-refractivity contribution < 1.29 is 0 Å². The van der Waals surface area contributed by atoms with Crippen LogP contribution < -0.4 is 11.5 Å². The van der Waals surface area contributed by atoms with Gasteiger partial charge in [-0.3, -0.25) is 0 Å². The first-order valence-electron chi connectivity index (χ1n) is 7.34. The molecule has 0 aliphatic rings. The lowest BCUT2D eigenvalue weighted by atomic mass is 9.96. The summed E-state index contributed by atoms with van der Waals surface area (Å²) in [5, 5.41) is 0. The molecule has 2 aromatic carbocycles. The van der Waals surface area contributed by atoms with Gasteiger partial charge < -0.3 is 11.5 Å². The van der Waals surface area contributed by atoms with Crippen LogP contribution in [-0.4, -0.2) is 12.1 Å². The number of hydrogen-bond donors (Lipinski definition) is 2. The molecule has 0 aromatic heterocycles. The van der Waals surface area contributed by atoms with Gasteiger partial charge >= 0.3 is 0 Å². The summed E-state index contributed by atoms with van der Waals surface area (Å²) < 4.78 is 0. The summed E-state index contributed by atoms with van der Waals surface area (Å²) in [5.74, 6) is 0. The van der Waals surface area contributed by atoms with Crippen molar-refractivity contribution >= 4 is 0 Å². The summed E-state index contributed by atoms with van der Waals surface area (Å²) >= 11 is 0. The SMILES string of the molecule is NC(CCc1ccccc1)C(N)CCc1ccccc1. The number of benzene rings is 2. The first-order chi connectivity index (χ1) is 9.75. The topological polar surface area (TPSA) is 52.0 Å². The van der Waals surface area contributed by atoms with Crippen LogP contribution in [0, 0.1) is 0 Å². The van der Waals surface area contributed by atoms with Gasteiger partial charge in [0.15, 0.2) is 0 Å². The lowest BCUT2D eigenvalue weighted by molar-refractivity contribution is 0.470. The van der Waals surface area contributed by atoms with Crippen LogP contribution in [0.3, 0.4) is 0 Å². The molecule has 0 bridgehead atoms. The van der Waals surface area contributed by atoms with Gasteiger partial charge in [-0.15, -0.1) is 0 Å². The zero-order valence-electron chi connectivity index (χ0n) is 11.9. The minimum absolute atomic E-state index is 0.0684. The van der Waals surface area contributed by atoms with Gasteiger partial charge in [0.25, 0.3) is 0 Å². The van der Waals surface area contributed by atoms with E-state index >= 15 is 0 Å². The van der Waals surface area contributed by atoms with Gasteiger partial charge in [0.2, 0.25) is 0 Å². The van der Waals surface area contributed by atoms with Crippen LogP contribution >= 0.6 is 0 Å². The molecule has 0 spiro atoms. The van der Waals surface area contributed by atoms with Crippen molar-refractivity contribution in [1.29, 1.82) is 0 Å². The van der Waals surface area contributed by atoms with E-state index in [1.54, 1.807) is 0 Å². The van der Waals surface area contributed by atoms with Crippen molar-refractivity contribution in [3.63, 3.8) is 0 Å². The van der Waals surface area contributed by atoms with E-state index in [-0.39, 0.29) is 12.1 Å². The fraction of sp³-hybridized carbons (Fsp3) is 0.333. The first-order valence-corrected chi connectivity index (χ1v) is 7.34. The maximum atomic E-state index is 6.20. The highest BCUT2D eigenvalue weighted by Crippen LogP contribution is 2.09. The Morgan fingerprint density at radius 1 is 0.600 bits per heavy atom. The molecule has 2 rings (SSSR count). The molecule has 0 amide bonds. The zero-order chi connectivity index (χ0) is 14.2. The monoisotopic (exact) mass is 268 g/mol. The zero-order valence-corrected chi connectivity index (χ0v) is 11.9. The number of nitrogens with two attached hydrogens (primary N) is 2. The van der Waals surface area contributed by atoms with Crippen LogP contribution in [0.5, 0.6) is 0 Å². The average molecular weight is 268 g/mol. The van der Waals surface area contributed by atoms with E-state index in [2.05, 4.69) is 48.5 Å². The third-order valence-corrected chi connectivity index (χ3v) is 3.77. The van der Waals surface area contributed by atoms with Crippen LogP contribution in [0.2, 0.25) is 0 Å². The number of rotatable bonds is 7. The summed E-state index contributed by atoms with van der Waals surface area (Å²) in [4.78, 5) is 0. The molecule has 2 aromatic rings. The largest absolute Gasteiger partial charge is 0.326 e. The Morgan fingerprint density at radius 3 is 1.30 bits per heavy atom. The highest BCUT2D eigenvalue weighted by Gasteiger charge is 2.13. The molecule has 0 aliphatic carbocycles. The molecule has 0 aliphatic heterocycles. The van der Waals surface area contributed by atoms with Crippen LogP contribution in [0.25, 0.3) is 0 Å². The number of hydrogen-bond acceptors (Lipinski definition) is 2. The van der Waals surface area contributed by atoms with E-state index in [0.29, 0.717) is 0 Å². The smallest absolute Gasteiger partial charge is 0.0195 e. The molecule has 0 saturated carbocycles. The summed E-state index contributed by atoms with van der Waals surface area (Å²) in [6.45, 7) is 0. The second-order valence-corrected chi connectivity index (χ2v) is 5.38. The van der Waals surface area contributed by atoms with Crippen LogP contribution in [0.1, 0.15) is 24.0 Å². The van der Waals surface area contributed by atoms with E-state index in [1.165, 1.54) is 11.1 Å². The van der Waals surface area contributed by atoms with Crippen LogP contribution in [-0.2, 0) is 12.8 Å². The van der Waals surface area contributed by atoms with Gasteiger partial charge in [-0.25, -0.2) is 0 Å². The molecule has 0 saturated heterocycles. The second kappa shape index (κ2) is 7.83. The Labute approximate surface area is 121 Å². The van der Waals surface area contributed by atoms with E-state index in [4.69, 9.17) is 11.5 Å². The van der Waals surface area contributed by atoms with Gasteiger partial charge in [0.1, 0.15) is 0 Å². The van der Waals surface area contributed by atoms with Gasteiger partial charge in [-0.2, -0.15) is 0 Å². The molecule has 2 unspecified atom stereocenters. The summed E-state index contributed by atoms with van der Waals surface area (Å²) in [6.07, 6.45) is 3.89. The first kappa shape index (κ1) is 14.8. The van der Waals surface area contributed by atoms with Crippen molar-refractivity contribution in [3.8, 4) is 0 Å². The minimum atomic E-state index is 0.0684. The lowest BCUT2D eigenvalue weighted by Gasteiger charge is -2.20. The van der Waals surface area contributed by atoms with Crippen molar-refractivity contribution in [2.45, 2.75) is 37.8 Å². The lowest BCUT2D eigenvalue weighted by Crippen LogP contribution is -2.41. The summed E-state index contributed by atoms with van der Waals surface area (Å²) in [7, 11) is 0. The average Bonchev–Trinajstić information content (AvgIpc) is 2.52. The van der Waals surface area contributed by atoms with E-state index in [0.717, 1.165) is 25.7 Å².